The summed E-state index contributed by atoms with van der Waals surface area (Å²) in [5, 5.41) is 3.04. The van der Waals surface area contributed by atoms with Crippen molar-refractivity contribution in [2.75, 3.05) is 0 Å². The van der Waals surface area contributed by atoms with Gasteiger partial charge in [-0.3, -0.25) is 4.79 Å². The van der Waals surface area contributed by atoms with Gasteiger partial charge in [0, 0.05) is 0 Å². The summed E-state index contributed by atoms with van der Waals surface area (Å²) >= 11 is 0. The molecule has 4 nitrogen and oxygen atoms in total. The van der Waals surface area contributed by atoms with Crippen molar-refractivity contribution in [1.82, 2.24) is 5.32 Å². The van der Waals surface area contributed by atoms with E-state index in [1.54, 1.807) is 13.0 Å². The van der Waals surface area contributed by atoms with E-state index in [-0.39, 0.29) is 23.2 Å². The molecule has 1 fully saturated rings. The van der Waals surface area contributed by atoms with Crippen molar-refractivity contribution < 1.29 is 13.9 Å². The van der Waals surface area contributed by atoms with Gasteiger partial charge in [0.05, 0.1) is 29.1 Å². The van der Waals surface area contributed by atoms with E-state index in [9.17, 15) is 4.79 Å². The van der Waals surface area contributed by atoms with Crippen LogP contribution in [0.25, 0.3) is 0 Å². The fourth-order valence-electron chi connectivity index (χ4n) is 2.64. The zero-order valence-corrected chi connectivity index (χ0v) is 11.7. The van der Waals surface area contributed by atoms with E-state index in [0.717, 1.165) is 6.42 Å². The highest BCUT2D eigenvalue weighted by molar-refractivity contribution is 5.95. The summed E-state index contributed by atoms with van der Waals surface area (Å²) in [6, 6.07) is 1.70. The Bertz CT molecular complexity index is 459. The number of carbonyl (C=O) groups is 1. The third kappa shape index (κ3) is 2.43. The van der Waals surface area contributed by atoms with Crippen LogP contribution >= 0.6 is 0 Å². The SMILES string of the molecule is Cc1occc1C(=O)N[C@@H]1CC(C)(C)OC1(C)C. The molecular weight excluding hydrogens is 230 g/mol. The summed E-state index contributed by atoms with van der Waals surface area (Å²) < 4.78 is 11.1. The lowest BCUT2D eigenvalue weighted by Crippen LogP contribution is -2.46. The van der Waals surface area contributed by atoms with Gasteiger partial charge in [0.25, 0.3) is 5.91 Å². The molecule has 4 heteroatoms. The van der Waals surface area contributed by atoms with Crippen molar-refractivity contribution >= 4 is 5.91 Å². The Kier molecular flexibility index (Phi) is 3.01. The first-order valence-corrected chi connectivity index (χ1v) is 6.26. The Labute approximate surface area is 108 Å². The molecule has 0 radical (unpaired) electrons. The lowest BCUT2D eigenvalue weighted by Gasteiger charge is -2.27. The molecule has 0 saturated carbocycles. The van der Waals surface area contributed by atoms with Crippen LogP contribution < -0.4 is 5.32 Å². The van der Waals surface area contributed by atoms with Crippen LogP contribution in [-0.4, -0.2) is 23.2 Å². The van der Waals surface area contributed by atoms with Gasteiger partial charge in [0.1, 0.15) is 5.76 Å². The number of amides is 1. The Balaban J connectivity index is 2.11. The van der Waals surface area contributed by atoms with E-state index in [1.807, 2.05) is 27.7 Å². The standard InChI is InChI=1S/C14H21NO3/c1-9-10(6-7-17-9)12(16)15-11-8-13(2,3)18-14(11,4)5/h6-7,11H,8H2,1-5H3,(H,15,16)/t11-/m1/s1. The maximum absolute atomic E-state index is 12.2. The highest BCUT2D eigenvalue weighted by atomic mass is 16.5. The largest absolute Gasteiger partial charge is 0.469 e. The monoisotopic (exact) mass is 251 g/mol. The van der Waals surface area contributed by atoms with E-state index < -0.39 is 0 Å². The molecule has 18 heavy (non-hydrogen) atoms. The van der Waals surface area contributed by atoms with Gasteiger partial charge in [-0.2, -0.15) is 0 Å². The number of furan rings is 1. The van der Waals surface area contributed by atoms with Crippen LogP contribution in [0.5, 0.6) is 0 Å². The van der Waals surface area contributed by atoms with Crippen molar-refractivity contribution in [2.45, 2.75) is 58.3 Å². The lowest BCUT2D eigenvalue weighted by molar-refractivity contribution is -0.0693. The molecule has 0 spiro atoms. The molecule has 1 aliphatic rings. The van der Waals surface area contributed by atoms with Gasteiger partial charge in [0.2, 0.25) is 0 Å². The van der Waals surface area contributed by atoms with Crippen LogP contribution in [0.3, 0.4) is 0 Å². The van der Waals surface area contributed by atoms with Crippen LogP contribution in [0.2, 0.25) is 0 Å². The molecule has 0 aliphatic carbocycles. The minimum absolute atomic E-state index is 0.00861. The van der Waals surface area contributed by atoms with Crippen molar-refractivity contribution in [2.24, 2.45) is 0 Å². The minimum Gasteiger partial charge on any atom is -0.469 e. The molecule has 100 valence electrons. The normalized spacial score (nSPS) is 25.1. The van der Waals surface area contributed by atoms with Gasteiger partial charge in [0.15, 0.2) is 0 Å². The zero-order chi connectivity index (χ0) is 13.6. The number of aryl methyl sites for hydroxylation is 1. The molecule has 2 heterocycles. The number of ether oxygens (including phenoxy) is 1. The van der Waals surface area contributed by atoms with E-state index in [0.29, 0.717) is 11.3 Å². The summed E-state index contributed by atoms with van der Waals surface area (Å²) in [5.41, 5.74) is 0.0412. The quantitative estimate of drug-likeness (QED) is 0.879. The Morgan fingerprint density at radius 2 is 2.06 bits per heavy atom. The second kappa shape index (κ2) is 4.12. The average Bonchev–Trinajstić information content (AvgIpc) is 2.68. The summed E-state index contributed by atoms with van der Waals surface area (Å²) in [6.45, 7) is 9.90. The molecule has 1 aliphatic heterocycles. The lowest BCUT2D eigenvalue weighted by atomic mass is 9.94. The Hall–Kier alpha value is -1.29. The van der Waals surface area contributed by atoms with Crippen LogP contribution in [0.4, 0.5) is 0 Å². The smallest absolute Gasteiger partial charge is 0.255 e. The molecule has 1 atom stereocenters. The third-order valence-electron chi connectivity index (χ3n) is 3.48. The molecule has 0 bridgehead atoms. The van der Waals surface area contributed by atoms with Gasteiger partial charge >= 0.3 is 0 Å². The number of carbonyl (C=O) groups excluding carboxylic acids is 1. The Morgan fingerprint density at radius 3 is 2.50 bits per heavy atom. The van der Waals surface area contributed by atoms with Crippen molar-refractivity contribution in [1.29, 1.82) is 0 Å². The second-order valence-corrected chi connectivity index (χ2v) is 6.09. The number of hydrogen-bond acceptors (Lipinski definition) is 3. The van der Waals surface area contributed by atoms with Crippen molar-refractivity contribution in [3.8, 4) is 0 Å². The van der Waals surface area contributed by atoms with Gasteiger partial charge in [-0.15, -0.1) is 0 Å². The predicted molar refractivity (Wildman–Crippen MR) is 68.6 cm³/mol. The van der Waals surface area contributed by atoms with Gasteiger partial charge < -0.3 is 14.5 Å². The van der Waals surface area contributed by atoms with E-state index in [4.69, 9.17) is 9.15 Å². The molecular formula is C14H21NO3. The van der Waals surface area contributed by atoms with Gasteiger partial charge in [-0.1, -0.05) is 0 Å². The van der Waals surface area contributed by atoms with Crippen LogP contribution in [0.15, 0.2) is 16.7 Å². The summed E-state index contributed by atoms with van der Waals surface area (Å²) in [6.07, 6.45) is 2.34. The van der Waals surface area contributed by atoms with Gasteiger partial charge in [-0.25, -0.2) is 0 Å². The second-order valence-electron chi connectivity index (χ2n) is 6.09. The van der Waals surface area contributed by atoms with Gasteiger partial charge in [-0.05, 0) is 47.1 Å². The Morgan fingerprint density at radius 1 is 1.39 bits per heavy atom. The number of nitrogens with one attached hydrogen (secondary N) is 1. The molecule has 1 amide bonds. The van der Waals surface area contributed by atoms with Crippen molar-refractivity contribution in [3.63, 3.8) is 0 Å². The summed E-state index contributed by atoms with van der Waals surface area (Å²) in [7, 11) is 0. The molecule has 1 N–H and O–H groups in total. The maximum atomic E-state index is 12.2. The maximum Gasteiger partial charge on any atom is 0.255 e. The first kappa shape index (κ1) is 13.1. The molecule has 0 unspecified atom stereocenters. The van der Waals surface area contributed by atoms with E-state index >= 15 is 0 Å². The molecule has 1 aromatic rings. The van der Waals surface area contributed by atoms with Crippen LogP contribution in [-0.2, 0) is 4.74 Å². The summed E-state index contributed by atoms with van der Waals surface area (Å²) in [4.78, 5) is 12.2. The number of hydrogen-bond donors (Lipinski definition) is 1. The zero-order valence-electron chi connectivity index (χ0n) is 11.7. The fraction of sp³-hybridized carbons (Fsp3) is 0.643. The highest BCUT2D eigenvalue weighted by Gasteiger charge is 2.46. The average molecular weight is 251 g/mol. The van der Waals surface area contributed by atoms with E-state index in [2.05, 4.69) is 5.32 Å². The highest BCUT2D eigenvalue weighted by Crippen LogP contribution is 2.37. The summed E-state index contributed by atoms with van der Waals surface area (Å²) in [5.74, 6) is 0.545. The first-order valence-electron chi connectivity index (χ1n) is 6.26. The van der Waals surface area contributed by atoms with Crippen LogP contribution in [0.1, 0.15) is 50.2 Å². The van der Waals surface area contributed by atoms with Crippen LogP contribution in [0, 0.1) is 6.92 Å². The molecule has 1 aromatic heterocycles. The van der Waals surface area contributed by atoms with E-state index in [1.165, 1.54) is 6.26 Å². The fourth-order valence-corrected chi connectivity index (χ4v) is 2.64. The first-order chi connectivity index (χ1) is 8.21. The molecule has 0 aromatic carbocycles. The minimum atomic E-state index is -0.350. The van der Waals surface area contributed by atoms with Crippen molar-refractivity contribution in [3.05, 3.63) is 23.7 Å². The molecule has 1 saturated heterocycles. The third-order valence-corrected chi connectivity index (χ3v) is 3.48. The molecule has 2 rings (SSSR count). The number of rotatable bonds is 2. The predicted octanol–water partition coefficient (Wildman–Crippen LogP) is 2.66. The topological polar surface area (TPSA) is 51.5 Å².